The Morgan fingerprint density at radius 3 is 3.06 bits per heavy atom. The van der Waals surface area contributed by atoms with Gasteiger partial charge in [0.2, 0.25) is 11.2 Å². The minimum atomic E-state index is -0.0337. The molecule has 0 spiro atoms. The Balaban J connectivity index is 2.18. The number of carbonyl (C=O) groups is 1. The molecule has 7 heteroatoms. The van der Waals surface area contributed by atoms with Crippen LogP contribution in [-0.4, -0.2) is 36.0 Å². The average molecular weight is 289 g/mol. The third kappa shape index (κ3) is 2.84. The van der Waals surface area contributed by atoms with Crippen molar-refractivity contribution < 1.29 is 4.79 Å². The summed E-state index contributed by atoms with van der Waals surface area (Å²) in [6.07, 6.45) is 3.29. The predicted octanol–water partition coefficient (Wildman–Crippen LogP) is 1.75. The van der Waals surface area contributed by atoms with Crippen LogP contribution in [0.5, 0.6) is 0 Å². The fourth-order valence-electron chi connectivity index (χ4n) is 2.15. The Labute approximate surface area is 115 Å². The number of halogens is 2. The van der Waals surface area contributed by atoms with Crippen LogP contribution in [0.3, 0.4) is 0 Å². The van der Waals surface area contributed by atoms with Crippen molar-refractivity contribution in [3.8, 4) is 0 Å². The SMILES string of the molecule is CNC(=O)C1CCCN(c2nc(Cl)ncc2Cl)C1. The zero-order valence-corrected chi connectivity index (χ0v) is 11.5. The molecule has 1 N–H and O–H groups in total. The van der Waals surface area contributed by atoms with Gasteiger partial charge in [-0.3, -0.25) is 4.79 Å². The lowest BCUT2D eigenvalue weighted by Gasteiger charge is -2.32. The van der Waals surface area contributed by atoms with E-state index >= 15 is 0 Å². The van der Waals surface area contributed by atoms with Gasteiger partial charge in [0.05, 0.1) is 12.1 Å². The van der Waals surface area contributed by atoms with Crippen LogP contribution in [0.2, 0.25) is 10.3 Å². The molecule has 0 saturated carbocycles. The van der Waals surface area contributed by atoms with Crippen molar-refractivity contribution in [2.75, 3.05) is 25.0 Å². The van der Waals surface area contributed by atoms with Gasteiger partial charge in [0.15, 0.2) is 5.82 Å². The summed E-state index contributed by atoms with van der Waals surface area (Å²) in [4.78, 5) is 21.6. The third-order valence-corrected chi connectivity index (χ3v) is 3.48. The van der Waals surface area contributed by atoms with E-state index in [0.717, 1.165) is 19.4 Å². The highest BCUT2D eigenvalue weighted by Crippen LogP contribution is 2.28. The molecular formula is C11H14Cl2N4O. The molecule has 1 aliphatic heterocycles. The summed E-state index contributed by atoms with van der Waals surface area (Å²) in [6.45, 7) is 1.42. The molecule has 0 radical (unpaired) electrons. The Kier molecular flexibility index (Phi) is 4.24. The summed E-state index contributed by atoms with van der Waals surface area (Å²) < 4.78 is 0. The summed E-state index contributed by atoms with van der Waals surface area (Å²) in [5.41, 5.74) is 0. The zero-order chi connectivity index (χ0) is 13.1. The lowest BCUT2D eigenvalue weighted by Crippen LogP contribution is -2.42. The second kappa shape index (κ2) is 5.71. The zero-order valence-electron chi connectivity index (χ0n) is 9.99. The molecule has 1 amide bonds. The average Bonchev–Trinajstić information content (AvgIpc) is 2.40. The smallest absolute Gasteiger partial charge is 0.224 e. The maximum Gasteiger partial charge on any atom is 0.224 e. The highest BCUT2D eigenvalue weighted by molar-refractivity contribution is 6.33. The minimum absolute atomic E-state index is 0.0337. The monoisotopic (exact) mass is 288 g/mol. The number of piperidine rings is 1. The largest absolute Gasteiger partial charge is 0.359 e. The van der Waals surface area contributed by atoms with Crippen molar-refractivity contribution in [2.24, 2.45) is 5.92 Å². The molecule has 1 unspecified atom stereocenters. The van der Waals surface area contributed by atoms with E-state index in [4.69, 9.17) is 23.2 Å². The molecule has 1 fully saturated rings. The van der Waals surface area contributed by atoms with Gasteiger partial charge in [-0.05, 0) is 24.4 Å². The third-order valence-electron chi connectivity index (χ3n) is 3.03. The molecule has 98 valence electrons. The van der Waals surface area contributed by atoms with Gasteiger partial charge in [0.25, 0.3) is 0 Å². The van der Waals surface area contributed by atoms with E-state index in [2.05, 4.69) is 15.3 Å². The first kappa shape index (κ1) is 13.4. The number of anilines is 1. The lowest BCUT2D eigenvalue weighted by atomic mass is 9.97. The number of nitrogens with zero attached hydrogens (tertiary/aromatic N) is 3. The van der Waals surface area contributed by atoms with Crippen LogP contribution >= 0.6 is 23.2 Å². The van der Waals surface area contributed by atoms with E-state index < -0.39 is 0 Å². The van der Waals surface area contributed by atoms with Gasteiger partial charge < -0.3 is 10.2 Å². The Bertz CT molecular complexity index is 455. The van der Waals surface area contributed by atoms with Crippen LogP contribution in [0, 0.1) is 5.92 Å². The van der Waals surface area contributed by atoms with Crippen molar-refractivity contribution in [3.05, 3.63) is 16.5 Å². The van der Waals surface area contributed by atoms with Gasteiger partial charge in [0, 0.05) is 20.1 Å². The molecule has 0 bridgehead atoms. The maximum atomic E-state index is 11.7. The molecule has 1 saturated heterocycles. The topological polar surface area (TPSA) is 58.1 Å². The Hall–Kier alpha value is -1.07. The van der Waals surface area contributed by atoms with E-state index in [1.54, 1.807) is 7.05 Å². The standard InChI is InChI=1S/C11H14Cl2N4O/c1-14-10(18)7-3-2-4-17(6-7)9-8(12)5-15-11(13)16-9/h5,7H,2-4,6H2,1H3,(H,14,18). The second-order valence-corrected chi connectivity index (χ2v) is 4.96. The van der Waals surface area contributed by atoms with Crippen molar-refractivity contribution >= 4 is 34.9 Å². The van der Waals surface area contributed by atoms with Gasteiger partial charge >= 0.3 is 0 Å². The Morgan fingerprint density at radius 1 is 1.56 bits per heavy atom. The summed E-state index contributed by atoms with van der Waals surface area (Å²) >= 11 is 11.8. The van der Waals surface area contributed by atoms with Crippen molar-refractivity contribution in [1.29, 1.82) is 0 Å². The number of nitrogens with one attached hydrogen (secondary N) is 1. The van der Waals surface area contributed by atoms with E-state index in [1.165, 1.54) is 6.20 Å². The summed E-state index contributed by atoms with van der Waals surface area (Å²) in [5, 5.41) is 3.29. The molecule has 18 heavy (non-hydrogen) atoms. The first-order valence-corrected chi connectivity index (χ1v) is 6.52. The van der Waals surface area contributed by atoms with E-state index in [-0.39, 0.29) is 17.1 Å². The molecule has 2 heterocycles. The summed E-state index contributed by atoms with van der Waals surface area (Å²) in [6, 6.07) is 0. The first-order chi connectivity index (χ1) is 8.61. The van der Waals surface area contributed by atoms with Crippen LogP contribution in [0.4, 0.5) is 5.82 Å². The lowest BCUT2D eigenvalue weighted by molar-refractivity contribution is -0.124. The van der Waals surface area contributed by atoms with Gasteiger partial charge in [-0.25, -0.2) is 4.98 Å². The van der Waals surface area contributed by atoms with Gasteiger partial charge in [0.1, 0.15) is 5.02 Å². The predicted molar refractivity (Wildman–Crippen MR) is 71.1 cm³/mol. The van der Waals surface area contributed by atoms with Crippen LogP contribution in [0.25, 0.3) is 0 Å². The molecule has 0 aliphatic carbocycles. The Morgan fingerprint density at radius 2 is 2.33 bits per heavy atom. The highest BCUT2D eigenvalue weighted by atomic mass is 35.5. The normalized spacial score (nSPS) is 19.7. The molecule has 1 aromatic heterocycles. The van der Waals surface area contributed by atoms with Gasteiger partial charge in [-0.2, -0.15) is 4.98 Å². The van der Waals surface area contributed by atoms with Crippen molar-refractivity contribution in [3.63, 3.8) is 0 Å². The number of aromatic nitrogens is 2. The van der Waals surface area contributed by atoms with Crippen LogP contribution < -0.4 is 10.2 Å². The van der Waals surface area contributed by atoms with Crippen molar-refractivity contribution in [1.82, 2.24) is 15.3 Å². The quantitative estimate of drug-likeness (QED) is 0.843. The molecule has 1 aliphatic rings. The molecular weight excluding hydrogens is 275 g/mol. The fourth-order valence-corrected chi connectivity index (χ4v) is 2.49. The molecule has 2 rings (SSSR count). The van der Waals surface area contributed by atoms with Gasteiger partial charge in [-0.1, -0.05) is 11.6 Å². The van der Waals surface area contributed by atoms with Crippen LogP contribution in [0.1, 0.15) is 12.8 Å². The van der Waals surface area contributed by atoms with E-state index in [1.807, 2.05) is 4.90 Å². The number of carbonyl (C=O) groups excluding carboxylic acids is 1. The number of hydrogen-bond acceptors (Lipinski definition) is 4. The van der Waals surface area contributed by atoms with Crippen LogP contribution in [0.15, 0.2) is 6.20 Å². The number of hydrogen-bond donors (Lipinski definition) is 1. The minimum Gasteiger partial charge on any atom is -0.359 e. The highest BCUT2D eigenvalue weighted by Gasteiger charge is 2.27. The van der Waals surface area contributed by atoms with E-state index in [9.17, 15) is 4.79 Å². The molecule has 1 atom stereocenters. The number of amides is 1. The fraction of sp³-hybridized carbons (Fsp3) is 0.545. The van der Waals surface area contributed by atoms with Gasteiger partial charge in [-0.15, -0.1) is 0 Å². The molecule has 1 aromatic rings. The second-order valence-electron chi connectivity index (χ2n) is 4.21. The summed E-state index contributed by atoms with van der Waals surface area (Å²) in [5.74, 6) is 0.620. The van der Waals surface area contributed by atoms with Crippen LogP contribution in [-0.2, 0) is 4.79 Å². The molecule has 0 aromatic carbocycles. The number of rotatable bonds is 2. The maximum absolute atomic E-state index is 11.7. The van der Waals surface area contributed by atoms with Crippen molar-refractivity contribution in [2.45, 2.75) is 12.8 Å². The van der Waals surface area contributed by atoms with E-state index in [0.29, 0.717) is 17.4 Å². The first-order valence-electron chi connectivity index (χ1n) is 5.76. The summed E-state index contributed by atoms with van der Waals surface area (Å²) in [7, 11) is 1.65. The molecule has 5 nitrogen and oxygen atoms in total.